The van der Waals surface area contributed by atoms with E-state index in [0.29, 0.717) is 11.5 Å². The van der Waals surface area contributed by atoms with Crippen LogP contribution in [0.2, 0.25) is 0 Å². The Hall–Kier alpha value is -0.0800. The number of rotatable bonds is 3. The first-order valence-electron chi connectivity index (χ1n) is 6.66. The summed E-state index contributed by atoms with van der Waals surface area (Å²) in [5.74, 6) is 0.832. The maximum absolute atomic E-state index is 6.07. The average molecular weight is 226 g/mol. The molecule has 1 aliphatic carbocycles. The first-order chi connectivity index (χ1) is 7.23. The van der Waals surface area contributed by atoms with Crippen LogP contribution in [0.15, 0.2) is 0 Å². The highest BCUT2D eigenvalue weighted by Gasteiger charge is 2.43. The first kappa shape index (κ1) is 14.0. The van der Waals surface area contributed by atoms with Gasteiger partial charge < -0.3 is 5.73 Å². The molecule has 0 heterocycles. The molecule has 0 aromatic heterocycles. The van der Waals surface area contributed by atoms with E-state index in [1.807, 2.05) is 0 Å². The zero-order chi connectivity index (χ0) is 12.6. The van der Waals surface area contributed by atoms with Crippen LogP contribution in [0.25, 0.3) is 0 Å². The molecule has 0 amide bonds. The molecule has 2 N–H and O–H groups in total. The predicted octanol–water partition coefficient (Wildman–Crippen LogP) is 2.87. The fraction of sp³-hybridized carbons (Fsp3) is 1.00. The molecule has 16 heavy (non-hydrogen) atoms. The van der Waals surface area contributed by atoms with Gasteiger partial charge in [0, 0.05) is 18.1 Å². The maximum Gasteiger partial charge on any atom is 0.0334 e. The Bertz CT molecular complexity index is 231. The lowest BCUT2D eigenvalue weighted by Gasteiger charge is -2.46. The molecule has 0 saturated heterocycles. The van der Waals surface area contributed by atoms with Crippen molar-refractivity contribution in [2.24, 2.45) is 17.1 Å². The van der Waals surface area contributed by atoms with Crippen LogP contribution in [0.5, 0.6) is 0 Å². The molecule has 3 unspecified atom stereocenters. The molecule has 3 atom stereocenters. The summed E-state index contributed by atoms with van der Waals surface area (Å²) >= 11 is 0. The van der Waals surface area contributed by atoms with E-state index < -0.39 is 0 Å². The van der Waals surface area contributed by atoms with E-state index in [2.05, 4.69) is 46.6 Å². The lowest BCUT2D eigenvalue weighted by Crippen LogP contribution is -2.56. The summed E-state index contributed by atoms with van der Waals surface area (Å²) in [6.07, 6.45) is 3.86. The molecule has 2 heteroatoms. The minimum Gasteiger partial charge on any atom is -0.329 e. The Labute approximate surface area is 102 Å². The van der Waals surface area contributed by atoms with Gasteiger partial charge in [0.25, 0.3) is 0 Å². The van der Waals surface area contributed by atoms with Gasteiger partial charge in [-0.2, -0.15) is 0 Å². The molecule has 96 valence electrons. The predicted molar refractivity (Wildman–Crippen MR) is 71.5 cm³/mol. The van der Waals surface area contributed by atoms with Crippen LogP contribution >= 0.6 is 0 Å². The highest BCUT2D eigenvalue weighted by atomic mass is 15.2. The van der Waals surface area contributed by atoms with E-state index in [1.165, 1.54) is 19.3 Å². The quantitative estimate of drug-likeness (QED) is 0.802. The third-order valence-corrected chi connectivity index (χ3v) is 4.79. The number of likely N-dealkylation sites (N-methyl/N-ethyl adjacent to an activating group) is 1. The van der Waals surface area contributed by atoms with E-state index in [9.17, 15) is 0 Å². The van der Waals surface area contributed by atoms with Gasteiger partial charge in [0.2, 0.25) is 0 Å². The average Bonchev–Trinajstić information content (AvgIpc) is 2.58. The van der Waals surface area contributed by atoms with Gasteiger partial charge in [0.15, 0.2) is 0 Å². The van der Waals surface area contributed by atoms with Gasteiger partial charge in [-0.05, 0) is 44.6 Å². The molecule has 0 bridgehead atoms. The van der Waals surface area contributed by atoms with E-state index in [1.54, 1.807) is 0 Å². The van der Waals surface area contributed by atoms with Crippen LogP contribution < -0.4 is 5.73 Å². The minimum absolute atomic E-state index is 0.256. The minimum atomic E-state index is 0.256. The lowest BCUT2D eigenvalue weighted by atomic mass is 9.83. The van der Waals surface area contributed by atoms with Gasteiger partial charge in [0.05, 0.1) is 0 Å². The summed E-state index contributed by atoms with van der Waals surface area (Å²) in [6, 6.07) is 0.571. The van der Waals surface area contributed by atoms with Crippen molar-refractivity contribution in [1.29, 1.82) is 0 Å². The second-order valence-electron chi connectivity index (χ2n) is 6.93. The highest BCUT2D eigenvalue weighted by Crippen LogP contribution is 2.40. The van der Waals surface area contributed by atoms with E-state index >= 15 is 0 Å². The van der Waals surface area contributed by atoms with E-state index in [4.69, 9.17) is 5.73 Å². The Kier molecular flexibility index (Phi) is 4.07. The molecule has 1 aliphatic rings. The Morgan fingerprint density at radius 1 is 1.44 bits per heavy atom. The normalized spacial score (nSPS) is 33.4. The topological polar surface area (TPSA) is 29.3 Å². The van der Waals surface area contributed by atoms with Gasteiger partial charge in [-0.3, -0.25) is 4.90 Å². The zero-order valence-electron chi connectivity index (χ0n) is 12.0. The Morgan fingerprint density at radius 3 is 2.31 bits per heavy atom. The Morgan fingerprint density at radius 2 is 2.00 bits per heavy atom. The molecule has 1 saturated carbocycles. The van der Waals surface area contributed by atoms with Crippen molar-refractivity contribution in [1.82, 2.24) is 4.90 Å². The molecule has 0 radical (unpaired) electrons. The molecule has 1 fully saturated rings. The molecule has 0 aromatic rings. The fourth-order valence-electron chi connectivity index (χ4n) is 3.01. The van der Waals surface area contributed by atoms with Crippen molar-refractivity contribution < 1.29 is 0 Å². The number of hydrogen-bond acceptors (Lipinski definition) is 2. The van der Waals surface area contributed by atoms with Crippen molar-refractivity contribution in [3.05, 3.63) is 0 Å². The SMILES string of the molecule is CC1CCC(CN)(N(C)C(C)C(C)(C)C)C1. The van der Waals surface area contributed by atoms with Crippen LogP contribution in [0.4, 0.5) is 0 Å². The standard InChI is InChI=1S/C14H30N2/c1-11-7-8-14(9-11,10-15)16(6)12(2)13(3,4)5/h11-12H,7-10,15H2,1-6H3. The van der Waals surface area contributed by atoms with Gasteiger partial charge in [-0.15, -0.1) is 0 Å². The first-order valence-corrected chi connectivity index (χ1v) is 6.66. The Balaban J connectivity index is 2.81. The summed E-state index contributed by atoms with van der Waals surface area (Å²) in [6.45, 7) is 12.4. The monoisotopic (exact) mass is 226 g/mol. The van der Waals surface area contributed by atoms with Gasteiger partial charge in [0.1, 0.15) is 0 Å². The lowest BCUT2D eigenvalue weighted by molar-refractivity contribution is 0.0331. The zero-order valence-corrected chi connectivity index (χ0v) is 12.0. The molecule has 1 rings (SSSR count). The maximum atomic E-state index is 6.07. The fourth-order valence-corrected chi connectivity index (χ4v) is 3.01. The highest BCUT2D eigenvalue weighted by molar-refractivity contribution is 5.00. The third-order valence-electron chi connectivity index (χ3n) is 4.79. The van der Waals surface area contributed by atoms with Crippen molar-refractivity contribution >= 4 is 0 Å². The van der Waals surface area contributed by atoms with Crippen LogP contribution in [-0.2, 0) is 0 Å². The van der Waals surface area contributed by atoms with Crippen molar-refractivity contribution in [3.63, 3.8) is 0 Å². The summed E-state index contributed by atoms with van der Waals surface area (Å²) in [5, 5.41) is 0. The van der Waals surface area contributed by atoms with E-state index in [0.717, 1.165) is 12.5 Å². The van der Waals surface area contributed by atoms with Crippen LogP contribution in [0.1, 0.15) is 53.9 Å². The number of hydrogen-bond donors (Lipinski definition) is 1. The van der Waals surface area contributed by atoms with Gasteiger partial charge >= 0.3 is 0 Å². The molecule has 2 nitrogen and oxygen atoms in total. The summed E-state index contributed by atoms with van der Waals surface area (Å²) in [4.78, 5) is 2.55. The molecule has 0 aliphatic heterocycles. The largest absolute Gasteiger partial charge is 0.329 e. The summed E-state index contributed by atoms with van der Waals surface area (Å²) in [5.41, 5.74) is 6.65. The van der Waals surface area contributed by atoms with Crippen molar-refractivity contribution in [2.45, 2.75) is 65.5 Å². The van der Waals surface area contributed by atoms with Crippen LogP contribution in [-0.4, -0.2) is 30.1 Å². The molecular formula is C14H30N2. The second kappa shape index (κ2) is 4.66. The molecule has 0 spiro atoms. The number of nitrogens with zero attached hydrogens (tertiary/aromatic N) is 1. The van der Waals surface area contributed by atoms with Crippen LogP contribution in [0, 0.1) is 11.3 Å². The van der Waals surface area contributed by atoms with Crippen LogP contribution in [0.3, 0.4) is 0 Å². The third kappa shape index (κ3) is 2.60. The van der Waals surface area contributed by atoms with Gasteiger partial charge in [-0.25, -0.2) is 0 Å². The van der Waals surface area contributed by atoms with Crippen molar-refractivity contribution in [3.8, 4) is 0 Å². The smallest absolute Gasteiger partial charge is 0.0334 e. The summed E-state index contributed by atoms with van der Waals surface area (Å²) < 4.78 is 0. The summed E-state index contributed by atoms with van der Waals surface area (Å²) in [7, 11) is 2.26. The van der Waals surface area contributed by atoms with Crippen molar-refractivity contribution in [2.75, 3.05) is 13.6 Å². The molecule has 0 aromatic carbocycles. The number of nitrogens with two attached hydrogens (primary N) is 1. The molecular weight excluding hydrogens is 196 g/mol. The van der Waals surface area contributed by atoms with Gasteiger partial charge in [-0.1, -0.05) is 27.7 Å². The second-order valence-corrected chi connectivity index (χ2v) is 6.93. The van der Waals surface area contributed by atoms with E-state index in [-0.39, 0.29) is 5.54 Å².